The van der Waals surface area contributed by atoms with E-state index in [1.165, 1.54) is 23.8 Å². The van der Waals surface area contributed by atoms with Gasteiger partial charge in [-0.25, -0.2) is 4.79 Å². The van der Waals surface area contributed by atoms with Crippen LogP contribution in [0, 0.1) is 33.8 Å². The van der Waals surface area contributed by atoms with E-state index in [0.717, 1.165) is 38.2 Å². The number of fused-ring (bicyclic) bond motifs is 5. The minimum atomic E-state index is -1.70. The number of esters is 1. The van der Waals surface area contributed by atoms with Crippen molar-refractivity contribution in [3.8, 4) is 0 Å². The van der Waals surface area contributed by atoms with Gasteiger partial charge in [-0.15, -0.1) is 0 Å². The van der Waals surface area contributed by atoms with Crippen LogP contribution in [0.5, 0.6) is 0 Å². The van der Waals surface area contributed by atoms with E-state index in [9.17, 15) is 49.3 Å². The number of carbonyl (C=O) groups is 6. The number of Topliss-reactive ketones (excluding diaryl/α,β-unsaturated/α-hetero) is 1. The lowest BCUT2D eigenvalue weighted by Crippen LogP contribution is -2.58. The van der Waals surface area contributed by atoms with E-state index in [1.807, 2.05) is 13.0 Å². The average molecular weight is 769 g/mol. The number of benzene rings is 1. The maximum atomic E-state index is 13.5. The summed E-state index contributed by atoms with van der Waals surface area (Å²) >= 11 is 0. The van der Waals surface area contributed by atoms with Crippen LogP contribution in [-0.2, 0) is 33.5 Å². The van der Waals surface area contributed by atoms with E-state index in [0.29, 0.717) is 50.4 Å². The summed E-state index contributed by atoms with van der Waals surface area (Å²) in [7, 11) is 0. The quantitative estimate of drug-likeness (QED) is 0.0751. The molecule has 0 aliphatic heterocycles. The number of hydrogen-bond acceptors (Lipinski definition) is 12. The summed E-state index contributed by atoms with van der Waals surface area (Å²) in [6, 6.07) is 3.36. The Morgan fingerprint density at radius 2 is 1.71 bits per heavy atom. The number of rotatable bonds is 17. The van der Waals surface area contributed by atoms with E-state index >= 15 is 0 Å². The number of carbonyl (C=O) groups excluding carboxylic acids is 5. The van der Waals surface area contributed by atoms with Gasteiger partial charge in [0, 0.05) is 31.2 Å². The van der Waals surface area contributed by atoms with Crippen molar-refractivity contribution in [3.05, 3.63) is 46.7 Å². The largest absolute Gasteiger partial charge is 0.733 e. The summed E-state index contributed by atoms with van der Waals surface area (Å²) in [4.78, 5) is 74.6. The van der Waals surface area contributed by atoms with Crippen molar-refractivity contribution in [2.45, 2.75) is 121 Å². The molecule has 8 atom stereocenters. The molecule has 0 saturated heterocycles. The molecular weight excluding hydrogens is 714 g/mol. The number of anilines is 1. The summed E-state index contributed by atoms with van der Waals surface area (Å²) in [6.45, 7) is 4.00. The van der Waals surface area contributed by atoms with E-state index in [4.69, 9.17) is 9.94 Å². The van der Waals surface area contributed by atoms with Gasteiger partial charge >= 0.3 is 11.9 Å². The summed E-state index contributed by atoms with van der Waals surface area (Å²) in [5.74, 6) is -2.60. The number of carboxylic acid groups (broad SMARTS) is 1. The molecule has 15 heteroatoms. The molecule has 3 saturated carbocycles. The highest BCUT2D eigenvalue weighted by Crippen LogP contribution is 2.67. The molecule has 0 spiro atoms. The van der Waals surface area contributed by atoms with Gasteiger partial charge in [-0.1, -0.05) is 38.0 Å². The number of ether oxygens (including phenoxy) is 1. The second-order valence-electron chi connectivity index (χ2n) is 16.3. The molecule has 6 N–H and O–H groups in total. The Balaban J connectivity index is 0.973. The highest BCUT2D eigenvalue weighted by atomic mass is 16.8. The number of nitrogens with one attached hydrogen (secondary N) is 2. The molecule has 15 nitrogen and oxygen atoms in total. The standard InChI is InChI=1S/C40H54N3O12/c1-38-17-14-27(44)22-25(38)10-11-28-29(38)15-18-39(2)30(28)16-19-40(39,52)31(45)23-55-34(48)13-12-32(46)41-20-5-3-4-9-33(47)42-35(37(50)51)36(49)24-7-6-8-26(21-24)43(53)54/h6-8,21-22,28-30,35-36,49,52-53H,3-5,9-20,23H2,1-2H3,(H,41,46)(H,42,47)(H,50,51)/q-1/t28-,29?,30?,35?,36?,38+,39+,40+/m1/s1. The molecule has 0 bridgehead atoms. The zero-order valence-corrected chi connectivity index (χ0v) is 31.6. The molecule has 55 heavy (non-hydrogen) atoms. The van der Waals surface area contributed by atoms with Gasteiger partial charge in [0.2, 0.25) is 17.6 Å². The molecule has 3 fully saturated rings. The Hall–Kier alpha value is -4.18. The fourth-order valence-corrected chi connectivity index (χ4v) is 10.0. The molecule has 2 amide bonds. The van der Waals surface area contributed by atoms with Crippen molar-refractivity contribution < 1.29 is 54.0 Å². The highest BCUT2D eigenvalue weighted by Gasteiger charge is 2.66. The van der Waals surface area contributed by atoms with E-state index in [-0.39, 0.29) is 54.2 Å². The zero-order chi connectivity index (χ0) is 40.1. The van der Waals surface area contributed by atoms with Gasteiger partial charge in [0.15, 0.2) is 18.4 Å². The number of ketones is 2. The molecule has 4 aliphatic carbocycles. The van der Waals surface area contributed by atoms with E-state index in [2.05, 4.69) is 17.6 Å². The van der Waals surface area contributed by atoms with Gasteiger partial charge in [0.05, 0.1) is 12.1 Å². The van der Waals surface area contributed by atoms with Crippen LogP contribution in [0.2, 0.25) is 0 Å². The molecular formula is C40H54N3O12-. The van der Waals surface area contributed by atoms with Crippen LogP contribution in [0.25, 0.3) is 0 Å². The lowest BCUT2D eigenvalue weighted by atomic mass is 9.46. The van der Waals surface area contributed by atoms with Gasteiger partial charge in [0.1, 0.15) is 11.7 Å². The Morgan fingerprint density at radius 1 is 0.964 bits per heavy atom. The number of allylic oxidation sites excluding steroid dienone is 1. The van der Waals surface area contributed by atoms with Gasteiger partial charge in [-0.05, 0) is 105 Å². The zero-order valence-electron chi connectivity index (χ0n) is 31.6. The maximum Gasteiger partial charge on any atom is 0.329 e. The lowest BCUT2D eigenvalue weighted by Gasteiger charge is -2.58. The third kappa shape index (κ3) is 8.95. The van der Waals surface area contributed by atoms with Crippen LogP contribution in [0.15, 0.2) is 35.9 Å². The van der Waals surface area contributed by atoms with Crippen LogP contribution < -0.4 is 15.9 Å². The van der Waals surface area contributed by atoms with Gasteiger partial charge < -0.3 is 41.1 Å². The smallest absolute Gasteiger partial charge is 0.329 e. The molecule has 1 aromatic rings. The molecule has 0 radical (unpaired) electrons. The number of aliphatic carboxylic acids is 1. The van der Waals surface area contributed by atoms with Gasteiger partial charge in [0.25, 0.3) is 0 Å². The molecule has 5 rings (SSSR count). The molecule has 0 aromatic heterocycles. The number of aliphatic hydroxyl groups excluding tert-OH is 1. The number of nitrogens with zero attached hydrogens (tertiary/aromatic N) is 1. The third-order valence-corrected chi connectivity index (χ3v) is 13.2. The molecule has 4 aliphatic rings. The van der Waals surface area contributed by atoms with Crippen molar-refractivity contribution in [3.63, 3.8) is 0 Å². The number of amides is 2. The fourth-order valence-electron chi connectivity index (χ4n) is 10.0. The van der Waals surface area contributed by atoms with E-state index < -0.39 is 64.5 Å². The third-order valence-electron chi connectivity index (χ3n) is 13.2. The van der Waals surface area contributed by atoms with Crippen molar-refractivity contribution in [2.75, 3.05) is 18.4 Å². The van der Waals surface area contributed by atoms with Gasteiger partial charge in [-0.3, -0.25) is 29.2 Å². The monoisotopic (exact) mass is 768 g/mol. The SMILES string of the molecule is C[C@]12CCC(=O)C=C1CC[C@@H]1C2CC[C@@]2(C)C1CC[C@]2(O)C(=O)COC(=O)CCC(=O)NCCCCCC(=O)NC(C(=O)O)C(O)c1cccc(N([O-])O)c1. The summed E-state index contributed by atoms with van der Waals surface area (Å²) in [5.41, 5.74) is -1.21. The Labute approximate surface area is 320 Å². The van der Waals surface area contributed by atoms with Crippen LogP contribution in [-0.4, -0.2) is 80.6 Å². The van der Waals surface area contributed by atoms with Crippen molar-refractivity contribution >= 4 is 41.0 Å². The fraction of sp³-hybridized carbons (Fsp3) is 0.650. The second kappa shape index (κ2) is 17.3. The predicted molar refractivity (Wildman–Crippen MR) is 197 cm³/mol. The first-order valence-corrected chi connectivity index (χ1v) is 19.4. The lowest BCUT2D eigenvalue weighted by molar-refractivity contribution is -0.170. The van der Waals surface area contributed by atoms with Crippen LogP contribution in [0.1, 0.15) is 115 Å². The summed E-state index contributed by atoms with van der Waals surface area (Å²) < 4.78 is 5.25. The first kappa shape index (κ1) is 42.0. The highest BCUT2D eigenvalue weighted by molar-refractivity contribution is 5.92. The van der Waals surface area contributed by atoms with Crippen molar-refractivity contribution in [2.24, 2.45) is 28.6 Å². The normalized spacial score (nSPS) is 29.4. The number of unbranched alkanes of at least 4 members (excludes halogenated alkanes) is 2. The number of carboxylic acids is 1. The van der Waals surface area contributed by atoms with Gasteiger partial charge in [-0.2, -0.15) is 0 Å². The van der Waals surface area contributed by atoms with Crippen LogP contribution in [0.3, 0.4) is 0 Å². The van der Waals surface area contributed by atoms with E-state index in [1.54, 1.807) is 0 Å². The predicted octanol–water partition coefficient (Wildman–Crippen LogP) is 3.81. The summed E-state index contributed by atoms with van der Waals surface area (Å²) in [5, 5.41) is 56.6. The minimum Gasteiger partial charge on any atom is -0.733 e. The number of aliphatic hydroxyl groups is 2. The molecule has 4 unspecified atom stereocenters. The topological polar surface area (TPSA) is 243 Å². The first-order valence-electron chi connectivity index (χ1n) is 19.4. The van der Waals surface area contributed by atoms with Crippen molar-refractivity contribution in [1.29, 1.82) is 0 Å². The van der Waals surface area contributed by atoms with Crippen LogP contribution in [0.4, 0.5) is 5.69 Å². The molecule has 0 heterocycles. The summed E-state index contributed by atoms with van der Waals surface area (Å²) in [6.07, 6.45) is 6.91. The minimum absolute atomic E-state index is 0.0104. The number of hydrogen-bond donors (Lipinski definition) is 6. The Morgan fingerprint density at radius 3 is 2.44 bits per heavy atom. The average Bonchev–Trinajstić information content (AvgIpc) is 3.44. The Bertz CT molecular complexity index is 1680. The maximum absolute atomic E-state index is 13.5. The second-order valence-corrected chi connectivity index (χ2v) is 16.3. The molecule has 1 aromatic carbocycles. The first-order chi connectivity index (χ1) is 26.0. The Kier molecular flexibility index (Phi) is 13.2. The molecule has 302 valence electrons. The van der Waals surface area contributed by atoms with Crippen molar-refractivity contribution in [1.82, 2.24) is 10.6 Å². The van der Waals surface area contributed by atoms with Crippen LogP contribution >= 0.6 is 0 Å².